The van der Waals surface area contributed by atoms with Crippen molar-refractivity contribution in [2.24, 2.45) is 5.92 Å². The molecule has 1 aliphatic carbocycles. The summed E-state index contributed by atoms with van der Waals surface area (Å²) in [4.78, 5) is 0. The first-order valence-corrected chi connectivity index (χ1v) is 5.78. The number of hydrogen-bond donors (Lipinski definition) is 4. The molecule has 0 aliphatic heterocycles. The van der Waals surface area contributed by atoms with E-state index in [9.17, 15) is 5.11 Å². The topological polar surface area (TPSA) is 72.7 Å². The highest BCUT2D eigenvalue weighted by Crippen LogP contribution is 2.31. The van der Waals surface area contributed by atoms with Crippen LogP contribution < -0.4 is 5.32 Å². The monoisotopic (exact) mass is 217 g/mol. The average Bonchev–Trinajstić information content (AvgIpc) is 2.16. The van der Waals surface area contributed by atoms with Crippen LogP contribution in [0.1, 0.15) is 32.6 Å². The standard InChI is InChI=1S/C11H23NO3/c1-9-3-2-4-11(15,5-9)8-12-6-10(14)7-13/h9-10,12-15H,2-8H2,1H3. The zero-order valence-corrected chi connectivity index (χ0v) is 9.45. The zero-order chi connectivity index (χ0) is 11.3. The van der Waals surface area contributed by atoms with Crippen LogP contribution in [0, 0.1) is 5.92 Å². The number of hydrogen-bond acceptors (Lipinski definition) is 4. The van der Waals surface area contributed by atoms with Gasteiger partial charge >= 0.3 is 0 Å². The van der Waals surface area contributed by atoms with E-state index in [0.29, 0.717) is 19.0 Å². The van der Waals surface area contributed by atoms with Gasteiger partial charge in [-0.1, -0.05) is 19.8 Å². The molecule has 1 rings (SSSR count). The van der Waals surface area contributed by atoms with Crippen molar-refractivity contribution in [2.45, 2.75) is 44.3 Å². The van der Waals surface area contributed by atoms with Gasteiger partial charge in [0, 0.05) is 13.1 Å². The molecule has 0 saturated heterocycles. The Morgan fingerprint density at radius 1 is 1.53 bits per heavy atom. The van der Waals surface area contributed by atoms with Crippen LogP contribution in [-0.4, -0.2) is 46.7 Å². The van der Waals surface area contributed by atoms with Crippen LogP contribution in [0.2, 0.25) is 0 Å². The molecule has 3 atom stereocenters. The molecule has 3 unspecified atom stereocenters. The molecule has 0 heterocycles. The van der Waals surface area contributed by atoms with Gasteiger partial charge in [0.25, 0.3) is 0 Å². The van der Waals surface area contributed by atoms with Crippen LogP contribution in [0.15, 0.2) is 0 Å². The first-order valence-electron chi connectivity index (χ1n) is 5.78. The Balaban J connectivity index is 2.23. The molecular formula is C11H23NO3. The van der Waals surface area contributed by atoms with Crippen LogP contribution in [0.3, 0.4) is 0 Å². The predicted molar refractivity (Wildman–Crippen MR) is 58.5 cm³/mol. The van der Waals surface area contributed by atoms with Crippen LogP contribution in [0.5, 0.6) is 0 Å². The Kier molecular flexibility index (Phi) is 4.99. The third-order valence-corrected chi connectivity index (χ3v) is 3.11. The number of rotatable bonds is 5. The lowest BCUT2D eigenvalue weighted by Gasteiger charge is -2.35. The first-order chi connectivity index (χ1) is 7.06. The van der Waals surface area contributed by atoms with E-state index in [1.165, 1.54) is 6.42 Å². The number of aliphatic hydroxyl groups is 3. The summed E-state index contributed by atoms with van der Waals surface area (Å²) in [6.45, 7) is 2.77. The van der Waals surface area contributed by atoms with Gasteiger partial charge < -0.3 is 20.6 Å². The highest BCUT2D eigenvalue weighted by Gasteiger charge is 2.32. The molecule has 1 fully saturated rings. The van der Waals surface area contributed by atoms with E-state index in [1.54, 1.807) is 0 Å². The fourth-order valence-electron chi connectivity index (χ4n) is 2.33. The Morgan fingerprint density at radius 3 is 2.87 bits per heavy atom. The zero-order valence-electron chi connectivity index (χ0n) is 9.45. The Bertz CT molecular complexity index is 189. The largest absolute Gasteiger partial charge is 0.394 e. The molecule has 4 heteroatoms. The summed E-state index contributed by atoms with van der Waals surface area (Å²) in [5.74, 6) is 0.577. The summed E-state index contributed by atoms with van der Waals surface area (Å²) in [6, 6.07) is 0. The van der Waals surface area contributed by atoms with Crippen molar-refractivity contribution in [3.05, 3.63) is 0 Å². The third-order valence-electron chi connectivity index (χ3n) is 3.11. The number of aliphatic hydroxyl groups excluding tert-OH is 2. The predicted octanol–water partition coefficient (Wildman–Crippen LogP) is -0.130. The molecule has 1 saturated carbocycles. The molecule has 0 bridgehead atoms. The lowest BCUT2D eigenvalue weighted by Crippen LogP contribution is -2.46. The van der Waals surface area contributed by atoms with E-state index in [1.807, 2.05) is 0 Å². The average molecular weight is 217 g/mol. The second-order valence-electron chi connectivity index (χ2n) is 4.89. The normalized spacial score (nSPS) is 34.0. The SMILES string of the molecule is CC1CCCC(O)(CNCC(O)CO)C1. The molecule has 0 aromatic rings. The van der Waals surface area contributed by atoms with Crippen molar-refractivity contribution < 1.29 is 15.3 Å². The maximum Gasteiger partial charge on any atom is 0.0894 e. The highest BCUT2D eigenvalue weighted by atomic mass is 16.3. The van der Waals surface area contributed by atoms with Crippen LogP contribution >= 0.6 is 0 Å². The van der Waals surface area contributed by atoms with Crippen molar-refractivity contribution >= 4 is 0 Å². The minimum Gasteiger partial charge on any atom is -0.394 e. The van der Waals surface area contributed by atoms with Gasteiger partial charge in [0.2, 0.25) is 0 Å². The fraction of sp³-hybridized carbons (Fsp3) is 1.00. The molecule has 4 nitrogen and oxygen atoms in total. The highest BCUT2D eigenvalue weighted by molar-refractivity contribution is 4.87. The molecule has 0 aromatic carbocycles. The molecule has 1 aliphatic rings. The van der Waals surface area contributed by atoms with Crippen molar-refractivity contribution in [2.75, 3.05) is 19.7 Å². The van der Waals surface area contributed by atoms with E-state index >= 15 is 0 Å². The summed E-state index contributed by atoms with van der Waals surface area (Å²) in [5.41, 5.74) is -0.618. The van der Waals surface area contributed by atoms with Gasteiger partial charge in [-0.15, -0.1) is 0 Å². The summed E-state index contributed by atoms with van der Waals surface area (Å²) < 4.78 is 0. The second kappa shape index (κ2) is 5.80. The fourth-order valence-corrected chi connectivity index (χ4v) is 2.33. The van der Waals surface area contributed by atoms with Gasteiger partial charge in [0.05, 0.1) is 18.3 Å². The van der Waals surface area contributed by atoms with Crippen molar-refractivity contribution in [1.82, 2.24) is 5.32 Å². The van der Waals surface area contributed by atoms with Gasteiger partial charge in [-0.05, 0) is 18.8 Å². The first kappa shape index (κ1) is 12.9. The Morgan fingerprint density at radius 2 is 2.27 bits per heavy atom. The minimum absolute atomic E-state index is 0.234. The number of nitrogens with one attached hydrogen (secondary N) is 1. The van der Waals surface area contributed by atoms with Crippen LogP contribution in [0.4, 0.5) is 0 Å². The summed E-state index contributed by atoms with van der Waals surface area (Å²) in [7, 11) is 0. The molecule has 90 valence electrons. The van der Waals surface area contributed by atoms with Gasteiger partial charge in [-0.25, -0.2) is 0 Å². The third kappa shape index (κ3) is 4.47. The van der Waals surface area contributed by atoms with E-state index < -0.39 is 11.7 Å². The molecule has 4 N–H and O–H groups in total. The summed E-state index contributed by atoms with van der Waals surface area (Å²) in [6.07, 6.45) is 3.20. The molecular weight excluding hydrogens is 194 g/mol. The van der Waals surface area contributed by atoms with Gasteiger partial charge in [-0.3, -0.25) is 0 Å². The van der Waals surface area contributed by atoms with Crippen LogP contribution in [-0.2, 0) is 0 Å². The molecule has 0 amide bonds. The van der Waals surface area contributed by atoms with Crippen LogP contribution in [0.25, 0.3) is 0 Å². The molecule has 0 radical (unpaired) electrons. The second-order valence-corrected chi connectivity index (χ2v) is 4.89. The minimum atomic E-state index is -0.727. The smallest absolute Gasteiger partial charge is 0.0894 e. The Hall–Kier alpha value is -0.160. The van der Waals surface area contributed by atoms with E-state index in [-0.39, 0.29) is 6.61 Å². The molecule has 0 aromatic heterocycles. The maximum absolute atomic E-state index is 10.2. The van der Waals surface area contributed by atoms with Crippen molar-refractivity contribution in [1.29, 1.82) is 0 Å². The quantitative estimate of drug-likeness (QED) is 0.518. The van der Waals surface area contributed by atoms with Gasteiger partial charge in [0.15, 0.2) is 0 Å². The van der Waals surface area contributed by atoms with E-state index in [0.717, 1.165) is 19.3 Å². The van der Waals surface area contributed by atoms with Crippen molar-refractivity contribution in [3.63, 3.8) is 0 Å². The summed E-state index contributed by atoms with van der Waals surface area (Å²) >= 11 is 0. The van der Waals surface area contributed by atoms with Crippen molar-refractivity contribution in [3.8, 4) is 0 Å². The lowest BCUT2D eigenvalue weighted by atomic mass is 9.79. The molecule has 0 spiro atoms. The molecule has 15 heavy (non-hydrogen) atoms. The van der Waals surface area contributed by atoms with Gasteiger partial charge in [-0.2, -0.15) is 0 Å². The lowest BCUT2D eigenvalue weighted by molar-refractivity contribution is -0.0147. The Labute approximate surface area is 91.3 Å². The maximum atomic E-state index is 10.2. The van der Waals surface area contributed by atoms with Gasteiger partial charge in [0.1, 0.15) is 0 Å². The van der Waals surface area contributed by atoms with E-state index in [4.69, 9.17) is 10.2 Å². The van der Waals surface area contributed by atoms with E-state index in [2.05, 4.69) is 12.2 Å². The summed E-state index contributed by atoms with van der Waals surface area (Å²) in [5, 5.41) is 31.0.